The molecule has 0 bridgehead atoms. The van der Waals surface area contributed by atoms with E-state index < -0.39 is 0 Å². The van der Waals surface area contributed by atoms with Crippen LogP contribution in [0.5, 0.6) is 0 Å². The van der Waals surface area contributed by atoms with Crippen LogP contribution in [-0.2, 0) is 4.74 Å². The van der Waals surface area contributed by atoms with Crippen molar-refractivity contribution in [3.8, 4) is 10.4 Å². The number of thiophene rings is 1. The molecule has 1 fully saturated rings. The van der Waals surface area contributed by atoms with Crippen LogP contribution in [0, 0.1) is 6.92 Å². The van der Waals surface area contributed by atoms with Crippen molar-refractivity contribution in [3.63, 3.8) is 0 Å². The molecule has 1 aliphatic rings. The number of rotatable bonds is 6. The fourth-order valence-electron chi connectivity index (χ4n) is 3.16. The van der Waals surface area contributed by atoms with Gasteiger partial charge in [-0.1, -0.05) is 30.3 Å². The molecule has 1 aromatic carbocycles. The lowest BCUT2D eigenvalue weighted by atomic mass is 10.2. The van der Waals surface area contributed by atoms with Crippen LogP contribution < -0.4 is 0 Å². The molecule has 1 aliphatic heterocycles. The van der Waals surface area contributed by atoms with Crippen molar-refractivity contribution >= 4 is 33.3 Å². The number of morpholine rings is 1. The van der Waals surface area contributed by atoms with Crippen molar-refractivity contribution in [3.05, 3.63) is 42.2 Å². The van der Waals surface area contributed by atoms with Gasteiger partial charge in [0.15, 0.2) is 0 Å². The van der Waals surface area contributed by atoms with Crippen molar-refractivity contribution in [2.75, 3.05) is 38.6 Å². The van der Waals surface area contributed by atoms with Gasteiger partial charge in [-0.3, -0.25) is 4.90 Å². The molecule has 1 atom stereocenters. The monoisotopic (exact) mass is 401 g/mol. The number of nitrogens with zero attached hydrogens (tertiary/aromatic N) is 3. The van der Waals surface area contributed by atoms with Crippen molar-refractivity contribution in [2.24, 2.45) is 0 Å². The minimum atomic E-state index is -0.384. The lowest BCUT2D eigenvalue weighted by Gasteiger charge is -2.28. The SMILES string of the molecule is Cc1nc(SC[C@@H](O)CN2CCOCC2)c2cc(-c3ccccc3)sc2n1. The first kappa shape index (κ1) is 18.8. The van der Waals surface area contributed by atoms with E-state index in [1.807, 2.05) is 25.1 Å². The smallest absolute Gasteiger partial charge is 0.128 e. The molecule has 0 spiro atoms. The van der Waals surface area contributed by atoms with Crippen molar-refractivity contribution in [1.82, 2.24) is 14.9 Å². The number of aliphatic hydroxyl groups is 1. The number of aryl methyl sites for hydroxylation is 1. The van der Waals surface area contributed by atoms with Crippen LogP contribution in [0.1, 0.15) is 5.82 Å². The number of ether oxygens (including phenoxy) is 1. The number of β-amino-alcohol motifs (C(OH)–C–C–N with tert-alkyl or cyclic N) is 1. The topological polar surface area (TPSA) is 58.5 Å². The Labute approximate surface area is 167 Å². The van der Waals surface area contributed by atoms with Crippen molar-refractivity contribution in [2.45, 2.75) is 18.1 Å². The minimum absolute atomic E-state index is 0.384. The number of thioether (sulfide) groups is 1. The van der Waals surface area contributed by atoms with E-state index in [2.05, 4.69) is 33.1 Å². The highest BCUT2D eigenvalue weighted by atomic mass is 32.2. The van der Waals surface area contributed by atoms with Crippen molar-refractivity contribution in [1.29, 1.82) is 0 Å². The Kier molecular flexibility index (Phi) is 6.04. The van der Waals surface area contributed by atoms with Gasteiger partial charge in [0.1, 0.15) is 15.7 Å². The summed E-state index contributed by atoms with van der Waals surface area (Å²) in [6, 6.07) is 12.5. The fraction of sp³-hybridized carbons (Fsp3) is 0.400. The molecule has 0 saturated carbocycles. The molecule has 5 nitrogen and oxygen atoms in total. The predicted molar refractivity (Wildman–Crippen MR) is 112 cm³/mol. The van der Waals surface area contributed by atoms with Gasteiger partial charge in [0.05, 0.1) is 19.3 Å². The third-order valence-electron chi connectivity index (χ3n) is 4.51. The maximum Gasteiger partial charge on any atom is 0.128 e. The Morgan fingerprint density at radius 3 is 2.78 bits per heavy atom. The van der Waals surface area contributed by atoms with Gasteiger partial charge in [-0.25, -0.2) is 9.97 Å². The molecule has 2 aromatic heterocycles. The molecule has 1 saturated heterocycles. The van der Waals surface area contributed by atoms with E-state index in [0.29, 0.717) is 12.3 Å². The first-order valence-corrected chi connectivity index (χ1v) is 10.9. The van der Waals surface area contributed by atoms with E-state index in [-0.39, 0.29) is 6.10 Å². The Bertz CT molecular complexity index is 895. The highest BCUT2D eigenvalue weighted by Crippen LogP contribution is 2.36. The molecule has 142 valence electrons. The summed E-state index contributed by atoms with van der Waals surface area (Å²) in [7, 11) is 0. The summed E-state index contributed by atoms with van der Waals surface area (Å²) < 4.78 is 5.37. The summed E-state index contributed by atoms with van der Waals surface area (Å²) in [5.74, 6) is 1.40. The molecular weight excluding hydrogens is 378 g/mol. The summed E-state index contributed by atoms with van der Waals surface area (Å²) in [4.78, 5) is 13.7. The summed E-state index contributed by atoms with van der Waals surface area (Å²) in [5.41, 5.74) is 1.20. The minimum Gasteiger partial charge on any atom is -0.391 e. The van der Waals surface area contributed by atoms with Crippen LogP contribution in [-0.4, -0.2) is 64.7 Å². The van der Waals surface area contributed by atoms with E-state index in [1.54, 1.807) is 23.1 Å². The summed E-state index contributed by atoms with van der Waals surface area (Å²) in [6.45, 7) is 5.90. The van der Waals surface area contributed by atoms with Gasteiger partial charge in [0.25, 0.3) is 0 Å². The van der Waals surface area contributed by atoms with Gasteiger partial charge in [-0.15, -0.1) is 23.1 Å². The van der Waals surface area contributed by atoms with E-state index in [4.69, 9.17) is 4.74 Å². The third-order valence-corrected chi connectivity index (χ3v) is 6.73. The molecule has 0 aliphatic carbocycles. The second-order valence-electron chi connectivity index (χ2n) is 6.65. The molecule has 7 heteroatoms. The number of hydrogen-bond acceptors (Lipinski definition) is 7. The Balaban J connectivity index is 1.50. The Morgan fingerprint density at radius 1 is 1.22 bits per heavy atom. The molecule has 0 radical (unpaired) electrons. The number of aromatic nitrogens is 2. The molecule has 4 rings (SSSR count). The van der Waals surface area contributed by atoms with E-state index in [0.717, 1.165) is 47.4 Å². The first-order chi connectivity index (χ1) is 13.2. The summed E-state index contributed by atoms with van der Waals surface area (Å²) in [5, 5.41) is 12.5. The largest absolute Gasteiger partial charge is 0.391 e. The fourth-order valence-corrected chi connectivity index (χ4v) is 5.27. The van der Waals surface area contributed by atoms with Gasteiger partial charge in [0, 0.05) is 35.7 Å². The number of aliphatic hydroxyl groups excluding tert-OH is 1. The van der Waals surface area contributed by atoms with Crippen LogP contribution in [0.3, 0.4) is 0 Å². The number of fused-ring (bicyclic) bond motifs is 1. The standard InChI is InChI=1S/C20H23N3O2S2/c1-14-21-19(26-13-16(24)12-23-7-9-25-10-8-23)17-11-18(27-20(17)22-14)15-5-3-2-4-6-15/h2-6,11,16,24H,7-10,12-13H2,1H3/t16-/m0/s1. The lowest BCUT2D eigenvalue weighted by molar-refractivity contribution is 0.0188. The van der Waals surface area contributed by atoms with Crippen LogP contribution in [0.25, 0.3) is 20.7 Å². The van der Waals surface area contributed by atoms with Crippen LogP contribution in [0.2, 0.25) is 0 Å². The summed E-state index contributed by atoms with van der Waals surface area (Å²) >= 11 is 3.31. The highest BCUT2D eigenvalue weighted by Gasteiger charge is 2.17. The van der Waals surface area contributed by atoms with Crippen LogP contribution in [0.4, 0.5) is 0 Å². The number of benzene rings is 1. The van der Waals surface area contributed by atoms with Gasteiger partial charge in [-0.05, 0) is 18.6 Å². The molecule has 1 N–H and O–H groups in total. The molecule has 0 unspecified atom stereocenters. The van der Waals surface area contributed by atoms with Gasteiger partial charge < -0.3 is 9.84 Å². The zero-order valence-electron chi connectivity index (χ0n) is 15.3. The first-order valence-electron chi connectivity index (χ1n) is 9.13. The normalized spacial score (nSPS) is 16.7. The Hall–Kier alpha value is -1.51. The van der Waals surface area contributed by atoms with Crippen molar-refractivity contribution < 1.29 is 9.84 Å². The highest BCUT2D eigenvalue weighted by molar-refractivity contribution is 7.99. The molecule has 3 heterocycles. The maximum absolute atomic E-state index is 10.4. The Morgan fingerprint density at radius 2 is 2.00 bits per heavy atom. The zero-order chi connectivity index (χ0) is 18.6. The van der Waals surface area contributed by atoms with E-state index in [9.17, 15) is 5.11 Å². The average Bonchev–Trinajstić information content (AvgIpc) is 3.11. The second kappa shape index (κ2) is 8.67. The summed E-state index contributed by atoms with van der Waals surface area (Å²) in [6.07, 6.45) is -0.384. The van der Waals surface area contributed by atoms with Crippen LogP contribution >= 0.6 is 23.1 Å². The lowest BCUT2D eigenvalue weighted by Crippen LogP contribution is -2.41. The van der Waals surface area contributed by atoms with E-state index in [1.165, 1.54) is 10.4 Å². The third kappa shape index (κ3) is 4.67. The molecular formula is C20H23N3O2S2. The molecule has 0 amide bonds. The quantitative estimate of drug-likeness (QED) is 0.504. The average molecular weight is 402 g/mol. The van der Waals surface area contributed by atoms with E-state index >= 15 is 0 Å². The predicted octanol–water partition coefficient (Wildman–Crippen LogP) is 3.45. The second-order valence-corrected chi connectivity index (χ2v) is 8.69. The van der Waals surface area contributed by atoms with Gasteiger partial charge >= 0.3 is 0 Å². The zero-order valence-corrected chi connectivity index (χ0v) is 16.9. The maximum atomic E-state index is 10.4. The number of hydrogen-bond donors (Lipinski definition) is 1. The van der Waals surface area contributed by atoms with Gasteiger partial charge in [-0.2, -0.15) is 0 Å². The molecule has 3 aromatic rings. The van der Waals surface area contributed by atoms with Gasteiger partial charge in [0.2, 0.25) is 0 Å². The molecule has 27 heavy (non-hydrogen) atoms. The van der Waals surface area contributed by atoms with Crippen LogP contribution in [0.15, 0.2) is 41.4 Å².